The SMILES string of the molecule is NC(N)=NCCCC(NC(=O)C(N)Cc1c[nH]c2ccccc12)C(=O)NC(CCCN=C(N)N)C(=O)NC(CC(=O)O)C(=O)O. The van der Waals surface area contributed by atoms with Gasteiger partial charge in [-0.1, -0.05) is 18.2 Å². The van der Waals surface area contributed by atoms with Gasteiger partial charge in [0.2, 0.25) is 17.7 Å². The molecule has 0 radical (unpaired) electrons. The van der Waals surface area contributed by atoms with Crippen LogP contribution in [0.15, 0.2) is 40.4 Å². The molecule has 3 amide bonds. The molecule has 0 aliphatic heterocycles. The summed E-state index contributed by atoms with van der Waals surface area (Å²) in [5, 5.41) is 26.5. The van der Waals surface area contributed by atoms with E-state index in [1.165, 1.54) is 0 Å². The van der Waals surface area contributed by atoms with E-state index >= 15 is 0 Å². The van der Waals surface area contributed by atoms with E-state index < -0.39 is 60.2 Å². The summed E-state index contributed by atoms with van der Waals surface area (Å²) in [7, 11) is 0. The van der Waals surface area contributed by atoms with Crippen LogP contribution in [-0.4, -0.2) is 94.0 Å². The number of fused-ring (bicyclic) bond motifs is 1. The van der Waals surface area contributed by atoms with Gasteiger partial charge in [-0.15, -0.1) is 0 Å². The highest BCUT2D eigenvalue weighted by Gasteiger charge is 2.31. The normalized spacial score (nSPS) is 13.4. The standard InChI is InChI=1S/C27H41N11O7/c28-16(11-14-13-35-17-6-2-1-5-15(14)17)22(41)36-18(7-3-9-33-26(29)30)23(42)37-19(8-4-10-34-27(31)32)24(43)38-20(25(44)45)12-21(39)40/h1-2,5-6,13,16,18-20,35H,3-4,7-12,28H2,(H,36,41)(H,37,42)(H,38,43)(H,39,40)(H,44,45)(H4,29,30,33)(H4,31,32,34). The summed E-state index contributed by atoms with van der Waals surface area (Å²) in [6.07, 6.45) is 1.45. The number of nitrogens with two attached hydrogens (primary N) is 5. The molecule has 4 unspecified atom stereocenters. The number of aromatic amines is 1. The van der Waals surface area contributed by atoms with Crippen LogP contribution >= 0.6 is 0 Å². The van der Waals surface area contributed by atoms with Crippen molar-refractivity contribution in [2.75, 3.05) is 13.1 Å². The number of carbonyl (C=O) groups excluding carboxylic acids is 3. The first-order valence-electron chi connectivity index (χ1n) is 14.1. The highest BCUT2D eigenvalue weighted by molar-refractivity contribution is 5.95. The van der Waals surface area contributed by atoms with Crippen molar-refractivity contribution in [2.24, 2.45) is 38.7 Å². The quantitative estimate of drug-likeness (QED) is 0.0424. The highest BCUT2D eigenvalue weighted by Crippen LogP contribution is 2.19. The molecule has 18 nitrogen and oxygen atoms in total. The summed E-state index contributed by atoms with van der Waals surface area (Å²) < 4.78 is 0. The van der Waals surface area contributed by atoms with Crippen molar-refractivity contribution in [1.29, 1.82) is 0 Å². The van der Waals surface area contributed by atoms with E-state index in [4.69, 9.17) is 33.8 Å². The first-order chi connectivity index (χ1) is 21.3. The number of hydrogen-bond donors (Lipinski definition) is 11. The Bertz CT molecular complexity index is 1400. The van der Waals surface area contributed by atoms with E-state index in [-0.39, 0.29) is 57.1 Å². The third kappa shape index (κ3) is 12.4. The number of carbonyl (C=O) groups is 5. The van der Waals surface area contributed by atoms with E-state index in [1.54, 1.807) is 6.20 Å². The molecule has 1 aromatic heterocycles. The Morgan fingerprint density at radius 2 is 1.29 bits per heavy atom. The van der Waals surface area contributed by atoms with Crippen molar-refractivity contribution in [3.8, 4) is 0 Å². The van der Waals surface area contributed by atoms with Crippen LogP contribution in [0.5, 0.6) is 0 Å². The Labute approximate surface area is 258 Å². The van der Waals surface area contributed by atoms with Crippen LogP contribution < -0.4 is 44.6 Å². The van der Waals surface area contributed by atoms with Crippen molar-refractivity contribution in [1.82, 2.24) is 20.9 Å². The minimum atomic E-state index is -1.76. The second-order valence-electron chi connectivity index (χ2n) is 10.2. The third-order valence-electron chi connectivity index (χ3n) is 6.60. The molecule has 0 aliphatic rings. The molecule has 0 fully saturated rings. The minimum absolute atomic E-state index is 0.0489. The van der Waals surface area contributed by atoms with Gasteiger partial charge in [0, 0.05) is 30.2 Å². The average Bonchev–Trinajstić information content (AvgIpc) is 3.37. The predicted octanol–water partition coefficient (Wildman–Crippen LogP) is -2.84. The van der Waals surface area contributed by atoms with E-state index in [9.17, 15) is 29.1 Å². The molecule has 2 aromatic rings. The maximum atomic E-state index is 13.5. The Morgan fingerprint density at radius 1 is 0.778 bits per heavy atom. The van der Waals surface area contributed by atoms with Crippen LogP contribution in [0, 0.1) is 0 Å². The number of aliphatic carboxylic acids is 2. The molecule has 2 rings (SSSR count). The second kappa shape index (κ2) is 17.7. The summed E-state index contributed by atoms with van der Waals surface area (Å²) in [5.41, 5.74) is 29.3. The first kappa shape index (κ1) is 35.8. The van der Waals surface area contributed by atoms with Crippen LogP contribution in [0.2, 0.25) is 0 Å². The Morgan fingerprint density at radius 3 is 1.80 bits per heavy atom. The number of guanidine groups is 2. The molecular weight excluding hydrogens is 590 g/mol. The van der Waals surface area contributed by atoms with Gasteiger partial charge in [0.1, 0.15) is 18.1 Å². The smallest absolute Gasteiger partial charge is 0.326 e. The van der Waals surface area contributed by atoms with Crippen molar-refractivity contribution >= 4 is 52.5 Å². The number of nitrogens with zero attached hydrogens (tertiary/aromatic N) is 2. The fraction of sp³-hybridized carbons (Fsp3) is 0.444. The summed E-state index contributed by atoms with van der Waals surface area (Å²) in [6, 6.07) is 2.16. The van der Waals surface area contributed by atoms with E-state index in [1.807, 2.05) is 24.3 Å². The van der Waals surface area contributed by atoms with Crippen LogP contribution in [0.3, 0.4) is 0 Å². The van der Waals surface area contributed by atoms with Crippen LogP contribution in [0.1, 0.15) is 37.7 Å². The molecule has 4 atom stereocenters. The number of aromatic nitrogens is 1. The van der Waals surface area contributed by atoms with Gasteiger partial charge in [-0.25, -0.2) is 4.79 Å². The fourth-order valence-electron chi connectivity index (χ4n) is 4.37. The summed E-state index contributed by atoms with van der Waals surface area (Å²) in [5.74, 6) is -5.76. The number of hydrogen-bond acceptors (Lipinski definition) is 8. The average molecular weight is 632 g/mol. The zero-order valence-corrected chi connectivity index (χ0v) is 24.6. The van der Waals surface area contributed by atoms with Gasteiger partial charge in [-0.2, -0.15) is 0 Å². The number of benzene rings is 1. The summed E-state index contributed by atoms with van der Waals surface area (Å²) in [4.78, 5) is 73.1. The number of aliphatic imine (C=N–C) groups is 2. The molecule has 1 heterocycles. The first-order valence-corrected chi connectivity index (χ1v) is 14.1. The van der Waals surface area contributed by atoms with Gasteiger partial charge in [0.25, 0.3) is 0 Å². The van der Waals surface area contributed by atoms with Crippen LogP contribution in [0.4, 0.5) is 0 Å². The van der Waals surface area contributed by atoms with Gasteiger partial charge in [-0.05, 0) is 43.7 Å². The summed E-state index contributed by atoms with van der Waals surface area (Å²) in [6.45, 7) is 0.224. The number of rotatable bonds is 19. The lowest BCUT2D eigenvalue weighted by atomic mass is 10.0. The fourth-order valence-corrected chi connectivity index (χ4v) is 4.37. The number of carboxylic acids is 2. The molecule has 0 bridgehead atoms. The molecule has 0 saturated carbocycles. The number of nitrogens with one attached hydrogen (secondary N) is 4. The molecule has 0 spiro atoms. The van der Waals surface area contributed by atoms with Crippen molar-refractivity contribution in [3.05, 3.63) is 36.0 Å². The Balaban J connectivity index is 2.22. The maximum Gasteiger partial charge on any atom is 0.326 e. The van der Waals surface area contributed by atoms with Gasteiger partial charge in [-0.3, -0.25) is 29.2 Å². The van der Waals surface area contributed by atoms with E-state index in [0.29, 0.717) is 0 Å². The molecule has 45 heavy (non-hydrogen) atoms. The lowest BCUT2D eigenvalue weighted by Crippen LogP contribution is -2.57. The number of para-hydroxylation sites is 1. The molecule has 246 valence electrons. The topological polar surface area (TPSA) is 333 Å². The summed E-state index contributed by atoms with van der Waals surface area (Å²) >= 11 is 0. The number of H-pyrrole nitrogens is 1. The molecule has 16 N–H and O–H groups in total. The molecule has 0 saturated heterocycles. The van der Waals surface area contributed by atoms with Crippen LogP contribution in [-0.2, 0) is 30.4 Å². The largest absolute Gasteiger partial charge is 0.481 e. The van der Waals surface area contributed by atoms with Crippen molar-refractivity contribution in [2.45, 2.75) is 62.7 Å². The zero-order chi connectivity index (χ0) is 33.5. The molecule has 18 heteroatoms. The lowest BCUT2D eigenvalue weighted by Gasteiger charge is -2.25. The van der Waals surface area contributed by atoms with E-state index in [0.717, 1.165) is 16.5 Å². The molecule has 0 aliphatic carbocycles. The Hall–Kier alpha value is -5.39. The molecular formula is C27H41N11O7. The van der Waals surface area contributed by atoms with Gasteiger partial charge >= 0.3 is 11.9 Å². The van der Waals surface area contributed by atoms with Crippen LogP contribution in [0.25, 0.3) is 10.9 Å². The number of carboxylic acid groups (broad SMARTS) is 2. The lowest BCUT2D eigenvalue weighted by molar-refractivity contribution is -0.147. The van der Waals surface area contributed by atoms with Gasteiger partial charge in [0.15, 0.2) is 11.9 Å². The zero-order valence-electron chi connectivity index (χ0n) is 24.6. The predicted molar refractivity (Wildman–Crippen MR) is 165 cm³/mol. The Kier molecular flexibility index (Phi) is 14.1. The molecule has 1 aromatic carbocycles. The van der Waals surface area contributed by atoms with Crippen molar-refractivity contribution in [3.63, 3.8) is 0 Å². The maximum absolute atomic E-state index is 13.5. The number of amides is 3. The highest BCUT2D eigenvalue weighted by atomic mass is 16.4. The minimum Gasteiger partial charge on any atom is -0.481 e. The van der Waals surface area contributed by atoms with Crippen molar-refractivity contribution < 1.29 is 34.2 Å². The third-order valence-corrected chi connectivity index (χ3v) is 6.60. The van der Waals surface area contributed by atoms with E-state index in [2.05, 4.69) is 30.9 Å². The second-order valence-corrected chi connectivity index (χ2v) is 10.2. The van der Waals surface area contributed by atoms with Gasteiger partial charge < -0.3 is 59.8 Å². The van der Waals surface area contributed by atoms with Gasteiger partial charge in [0.05, 0.1) is 12.5 Å². The monoisotopic (exact) mass is 631 g/mol.